The van der Waals surface area contributed by atoms with Gasteiger partial charge in [-0.15, -0.1) is 0 Å². The van der Waals surface area contributed by atoms with Crippen LogP contribution in [0, 0.1) is 0 Å². The summed E-state index contributed by atoms with van der Waals surface area (Å²) in [4.78, 5) is 16.7. The van der Waals surface area contributed by atoms with Gasteiger partial charge in [0.05, 0.1) is 12.3 Å². The molecule has 0 aliphatic carbocycles. The Labute approximate surface area is 149 Å². The fourth-order valence-electron chi connectivity index (χ4n) is 3.56. The molecule has 140 valence electrons. The molecule has 0 bridgehead atoms. The highest BCUT2D eigenvalue weighted by Gasteiger charge is 2.29. The molecule has 2 saturated heterocycles. The molecule has 1 amide bonds. The van der Waals surface area contributed by atoms with Crippen molar-refractivity contribution >= 4 is 15.9 Å². The minimum Gasteiger partial charge on any atom is -0.454 e. The third kappa shape index (κ3) is 4.24. The maximum absolute atomic E-state index is 12.6. The van der Waals surface area contributed by atoms with Crippen LogP contribution < -0.4 is 0 Å². The molecule has 25 heavy (non-hydrogen) atoms. The van der Waals surface area contributed by atoms with Crippen LogP contribution in [0.3, 0.4) is 0 Å². The summed E-state index contributed by atoms with van der Waals surface area (Å²) in [5.41, 5.74) is 0. The number of rotatable bonds is 4. The van der Waals surface area contributed by atoms with Gasteiger partial charge in [0.2, 0.25) is 10.0 Å². The number of hydrogen-bond donors (Lipinski definition) is 0. The van der Waals surface area contributed by atoms with Gasteiger partial charge in [0, 0.05) is 26.2 Å². The highest BCUT2D eigenvalue weighted by molar-refractivity contribution is 7.88. The number of amides is 1. The van der Waals surface area contributed by atoms with Crippen LogP contribution >= 0.6 is 0 Å². The molecular formula is C17H27N3O4S. The topological polar surface area (TPSA) is 74.1 Å². The van der Waals surface area contributed by atoms with Crippen molar-refractivity contribution in [1.82, 2.24) is 14.1 Å². The van der Waals surface area contributed by atoms with Gasteiger partial charge in [-0.3, -0.25) is 9.69 Å². The van der Waals surface area contributed by atoms with Gasteiger partial charge < -0.3 is 9.32 Å². The van der Waals surface area contributed by atoms with Gasteiger partial charge in [-0.2, -0.15) is 4.31 Å². The van der Waals surface area contributed by atoms with E-state index < -0.39 is 10.0 Å². The normalized spacial score (nSPS) is 22.1. The molecule has 2 aliphatic heterocycles. The van der Waals surface area contributed by atoms with Gasteiger partial charge in [-0.1, -0.05) is 6.42 Å². The Balaban J connectivity index is 1.61. The number of furan rings is 1. The molecule has 0 saturated carbocycles. The van der Waals surface area contributed by atoms with Crippen molar-refractivity contribution in [3.8, 4) is 0 Å². The summed E-state index contributed by atoms with van der Waals surface area (Å²) < 4.78 is 30.4. The SMILES string of the molecule is CC(c1ccc(C(=O)N2CCN(S(C)(=O)=O)CC2)o1)N1CCCCC1. The summed E-state index contributed by atoms with van der Waals surface area (Å²) >= 11 is 0. The first-order chi connectivity index (χ1) is 11.9. The van der Waals surface area contributed by atoms with Crippen LogP contribution in [0.4, 0.5) is 0 Å². The van der Waals surface area contributed by atoms with Crippen LogP contribution in [0.5, 0.6) is 0 Å². The van der Waals surface area contributed by atoms with Crippen molar-refractivity contribution in [2.24, 2.45) is 0 Å². The summed E-state index contributed by atoms with van der Waals surface area (Å²) in [7, 11) is -3.19. The van der Waals surface area contributed by atoms with Crippen LogP contribution in [-0.4, -0.2) is 74.0 Å². The molecular weight excluding hydrogens is 342 g/mol. The van der Waals surface area contributed by atoms with E-state index >= 15 is 0 Å². The third-order valence-electron chi connectivity index (χ3n) is 5.18. The number of carbonyl (C=O) groups excluding carboxylic acids is 1. The standard InChI is InChI=1S/C17H27N3O4S/c1-14(18-8-4-3-5-9-18)15-6-7-16(24-15)17(21)19-10-12-20(13-11-19)25(2,22)23/h6-7,14H,3-5,8-13H2,1-2H3. The second kappa shape index (κ2) is 7.47. The van der Waals surface area contributed by atoms with E-state index in [1.54, 1.807) is 11.0 Å². The van der Waals surface area contributed by atoms with Gasteiger partial charge in [0.1, 0.15) is 5.76 Å². The molecule has 1 atom stereocenters. The van der Waals surface area contributed by atoms with Gasteiger partial charge >= 0.3 is 0 Å². The summed E-state index contributed by atoms with van der Waals surface area (Å²) in [5, 5.41) is 0. The minimum atomic E-state index is -3.19. The number of piperazine rings is 1. The van der Waals surface area contributed by atoms with Crippen LogP contribution in [0.25, 0.3) is 0 Å². The van der Waals surface area contributed by atoms with E-state index in [1.165, 1.54) is 29.8 Å². The lowest BCUT2D eigenvalue weighted by atomic mass is 10.1. The molecule has 3 heterocycles. The number of carbonyl (C=O) groups is 1. The predicted octanol–water partition coefficient (Wildman–Crippen LogP) is 1.54. The molecule has 3 rings (SSSR count). The Morgan fingerprint density at radius 1 is 1.04 bits per heavy atom. The van der Waals surface area contributed by atoms with E-state index in [2.05, 4.69) is 11.8 Å². The van der Waals surface area contributed by atoms with E-state index in [4.69, 9.17) is 4.42 Å². The molecule has 1 aromatic heterocycles. The van der Waals surface area contributed by atoms with E-state index in [9.17, 15) is 13.2 Å². The van der Waals surface area contributed by atoms with Crippen molar-refractivity contribution in [2.75, 3.05) is 45.5 Å². The molecule has 0 radical (unpaired) electrons. The lowest BCUT2D eigenvalue weighted by Crippen LogP contribution is -2.50. The summed E-state index contributed by atoms with van der Waals surface area (Å²) in [6, 6.07) is 3.80. The maximum Gasteiger partial charge on any atom is 0.289 e. The van der Waals surface area contributed by atoms with E-state index in [1.807, 2.05) is 6.07 Å². The number of piperidine rings is 1. The lowest BCUT2D eigenvalue weighted by Gasteiger charge is -2.33. The Hall–Kier alpha value is -1.38. The lowest BCUT2D eigenvalue weighted by molar-refractivity contribution is 0.0659. The van der Waals surface area contributed by atoms with Gasteiger partial charge in [-0.25, -0.2) is 8.42 Å². The Kier molecular flexibility index (Phi) is 5.50. The molecule has 8 heteroatoms. The number of nitrogens with zero attached hydrogens (tertiary/aromatic N) is 3. The number of likely N-dealkylation sites (tertiary alicyclic amines) is 1. The molecule has 0 spiro atoms. The Bertz CT molecular complexity index is 701. The smallest absolute Gasteiger partial charge is 0.289 e. The first-order valence-corrected chi connectivity index (χ1v) is 10.8. The molecule has 0 N–H and O–H groups in total. The van der Waals surface area contributed by atoms with E-state index in [0.29, 0.717) is 31.9 Å². The van der Waals surface area contributed by atoms with Crippen molar-refractivity contribution in [3.05, 3.63) is 23.7 Å². The zero-order chi connectivity index (χ0) is 18.0. The van der Waals surface area contributed by atoms with Gasteiger partial charge in [0.15, 0.2) is 5.76 Å². The quantitative estimate of drug-likeness (QED) is 0.805. The first kappa shape index (κ1) is 18.4. The zero-order valence-electron chi connectivity index (χ0n) is 15.0. The van der Waals surface area contributed by atoms with Crippen LogP contribution in [-0.2, 0) is 10.0 Å². The second-order valence-corrected chi connectivity index (χ2v) is 8.91. The van der Waals surface area contributed by atoms with Crippen molar-refractivity contribution in [2.45, 2.75) is 32.2 Å². The Morgan fingerprint density at radius 3 is 2.28 bits per heavy atom. The highest BCUT2D eigenvalue weighted by atomic mass is 32.2. The average Bonchev–Trinajstić information content (AvgIpc) is 3.10. The summed E-state index contributed by atoms with van der Waals surface area (Å²) in [6.07, 6.45) is 4.90. The average molecular weight is 369 g/mol. The number of hydrogen-bond acceptors (Lipinski definition) is 5. The van der Waals surface area contributed by atoms with Crippen LogP contribution in [0.1, 0.15) is 48.5 Å². The summed E-state index contributed by atoms with van der Waals surface area (Å²) in [5.74, 6) is 0.997. The van der Waals surface area contributed by atoms with E-state index in [-0.39, 0.29) is 11.9 Å². The molecule has 7 nitrogen and oxygen atoms in total. The highest BCUT2D eigenvalue weighted by Crippen LogP contribution is 2.26. The minimum absolute atomic E-state index is 0.162. The molecule has 1 unspecified atom stereocenters. The van der Waals surface area contributed by atoms with Crippen molar-refractivity contribution in [1.29, 1.82) is 0 Å². The largest absolute Gasteiger partial charge is 0.454 e. The third-order valence-corrected chi connectivity index (χ3v) is 6.49. The first-order valence-electron chi connectivity index (χ1n) is 8.94. The fraction of sp³-hybridized carbons (Fsp3) is 0.706. The maximum atomic E-state index is 12.6. The van der Waals surface area contributed by atoms with Gasteiger partial charge in [0.25, 0.3) is 5.91 Å². The van der Waals surface area contributed by atoms with Crippen LogP contribution in [0.2, 0.25) is 0 Å². The predicted molar refractivity (Wildman–Crippen MR) is 94.9 cm³/mol. The Morgan fingerprint density at radius 2 is 1.68 bits per heavy atom. The fourth-order valence-corrected chi connectivity index (χ4v) is 4.38. The molecule has 1 aromatic rings. The molecule has 2 fully saturated rings. The van der Waals surface area contributed by atoms with E-state index in [0.717, 1.165) is 18.8 Å². The second-order valence-electron chi connectivity index (χ2n) is 6.93. The van der Waals surface area contributed by atoms with Crippen molar-refractivity contribution in [3.63, 3.8) is 0 Å². The van der Waals surface area contributed by atoms with Crippen molar-refractivity contribution < 1.29 is 17.6 Å². The summed E-state index contributed by atoms with van der Waals surface area (Å²) in [6.45, 7) is 5.71. The zero-order valence-corrected chi connectivity index (χ0v) is 15.8. The molecule has 2 aliphatic rings. The van der Waals surface area contributed by atoms with Gasteiger partial charge in [-0.05, 0) is 45.0 Å². The monoisotopic (exact) mass is 369 g/mol. The number of sulfonamides is 1. The van der Waals surface area contributed by atoms with Crippen LogP contribution in [0.15, 0.2) is 16.5 Å². The molecule has 0 aromatic carbocycles.